The van der Waals surface area contributed by atoms with Gasteiger partial charge in [0.1, 0.15) is 0 Å². The van der Waals surface area contributed by atoms with Crippen molar-refractivity contribution in [3.8, 4) is 11.1 Å². The molecule has 1 aliphatic rings. The molecule has 1 saturated carbocycles. The zero-order valence-corrected chi connectivity index (χ0v) is 17.4. The van der Waals surface area contributed by atoms with E-state index < -0.39 is 0 Å². The Bertz CT molecular complexity index is 738. The highest BCUT2D eigenvalue weighted by Gasteiger charge is 2.23. The highest BCUT2D eigenvalue weighted by Crippen LogP contribution is 2.38. The number of carbonyl (C=O) groups is 1. The van der Waals surface area contributed by atoms with E-state index in [4.69, 9.17) is 0 Å². The minimum Gasteiger partial charge on any atom is -0.294 e. The molecule has 0 aliphatic heterocycles. The molecule has 0 bridgehead atoms. The zero-order chi connectivity index (χ0) is 19.4. The Morgan fingerprint density at radius 3 is 1.85 bits per heavy atom. The summed E-state index contributed by atoms with van der Waals surface area (Å²) in [5.41, 5.74) is 4.37. The maximum Gasteiger partial charge on any atom is 0.168 e. The molecule has 2 aromatic rings. The maximum absolute atomic E-state index is 12.4. The maximum atomic E-state index is 12.4. The fourth-order valence-corrected chi connectivity index (χ4v) is 4.39. The van der Waals surface area contributed by atoms with Crippen LogP contribution < -0.4 is 0 Å². The van der Waals surface area contributed by atoms with Crippen molar-refractivity contribution in [2.75, 3.05) is 0 Å². The van der Waals surface area contributed by atoms with Crippen molar-refractivity contribution >= 4 is 5.78 Å². The van der Waals surface area contributed by atoms with Crippen LogP contribution in [0.2, 0.25) is 0 Å². The molecule has 2 aromatic carbocycles. The minimum atomic E-state index is -0.334. The molecule has 0 unspecified atom stereocenters. The monoisotopic (exact) mass is 362 g/mol. The van der Waals surface area contributed by atoms with Crippen LogP contribution in [0.5, 0.6) is 0 Å². The van der Waals surface area contributed by atoms with Gasteiger partial charge >= 0.3 is 0 Å². The number of ketones is 1. The lowest BCUT2D eigenvalue weighted by molar-refractivity contribution is 0.0858. The minimum absolute atomic E-state index is 0.197. The molecule has 0 spiro atoms. The van der Waals surface area contributed by atoms with Gasteiger partial charge in [0.25, 0.3) is 0 Å². The quantitative estimate of drug-likeness (QED) is 0.499. The summed E-state index contributed by atoms with van der Waals surface area (Å²) in [6.07, 6.45) is 8.19. The summed E-state index contributed by atoms with van der Waals surface area (Å²) in [6.45, 7) is 8.21. The van der Waals surface area contributed by atoms with E-state index >= 15 is 0 Å². The third-order valence-corrected chi connectivity index (χ3v) is 6.09. The second-order valence-corrected chi connectivity index (χ2v) is 9.28. The summed E-state index contributed by atoms with van der Waals surface area (Å²) in [5, 5.41) is 0. The summed E-state index contributed by atoms with van der Waals surface area (Å²) >= 11 is 0. The van der Waals surface area contributed by atoms with Crippen LogP contribution in [0.3, 0.4) is 0 Å². The van der Waals surface area contributed by atoms with Crippen LogP contribution in [0.15, 0.2) is 48.5 Å². The van der Waals surface area contributed by atoms with Gasteiger partial charge in [-0.2, -0.15) is 0 Å². The van der Waals surface area contributed by atoms with Gasteiger partial charge in [-0.3, -0.25) is 4.79 Å². The van der Waals surface area contributed by atoms with Crippen molar-refractivity contribution in [2.45, 2.75) is 72.1 Å². The highest BCUT2D eigenvalue weighted by atomic mass is 16.1. The van der Waals surface area contributed by atoms with Crippen LogP contribution in [0.1, 0.15) is 88.1 Å². The molecule has 0 atom stereocenters. The SMILES string of the molecule is CCCC1CCC(c2ccc(-c3ccc(C(=O)C(C)(C)C)cc3)cc2)CC1. The van der Waals surface area contributed by atoms with E-state index in [1.807, 2.05) is 32.9 Å². The normalized spacial score (nSPS) is 20.4. The molecule has 0 radical (unpaired) electrons. The Hall–Kier alpha value is -1.89. The third kappa shape index (κ3) is 4.89. The molecule has 1 heteroatoms. The van der Waals surface area contributed by atoms with Crippen molar-refractivity contribution in [1.82, 2.24) is 0 Å². The predicted octanol–water partition coefficient (Wildman–Crippen LogP) is 7.66. The van der Waals surface area contributed by atoms with Crippen LogP contribution >= 0.6 is 0 Å². The average molecular weight is 363 g/mol. The lowest BCUT2D eigenvalue weighted by Gasteiger charge is -2.28. The van der Waals surface area contributed by atoms with E-state index in [0.717, 1.165) is 17.4 Å². The van der Waals surface area contributed by atoms with Crippen LogP contribution in [-0.2, 0) is 0 Å². The first kappa shape index (κ1) is 19.9. The standard InChI is InChI=1S/C26H34O/c1-5-6-19-7-9-20(10-8-19)21-11-13-22(14-12-21)23-15-17-24(18-16-23)25(27)26(2,3)4/h11-20H,5-10H2,1-4H3. The van der Waals surface area contributed by atoms with Gasteiger partial charge in [0.05, 0.1) is 0 Å². The van der Waals surface area contributed by atoms with Crippen LogP contribution in [0.4, 0.5) is 0 Å². The summed E-state index contributed by atoms with van der Waals surface area (Å²) in [5.74, 6) is 1.89. The molecular formula is C26H34O. The Morgan fingerprint density at radius 2 is 1.37 bits per heavy atom. The van der Waals surface area contributed by atoms with Crippen LogP contribution in [0, 0.1) is 11.3 Å². The van der Waals surface area contributed by atoms with Crippen molar-refractivity contribution in [3.63, 3.8) is 0 Å². The first-order valence-electron chi connectivity index (χ1n) is 10.6. The molecular weight excluding hydrogens is 328 g/mol. The third-order valence-electron chi connectivity index (χ3n) is 6.09. The molecule has 0 heterocycles. The Kier molecular flexibility index (Phi) is 6.19. The molecule has 1 nitrogen and oxygen atoms in total. The van der Waals surface area contributed by atoms with E-state index in [2.05, 4.69) is 43.3 Å². The number of rotatable bonds is 5. The van der Waals surface area contributed by atoms with E-state index in [-0.39, 0.29) is 11.2 Å². The number of carbonyl (C=O) groups excluding carboxylic acids is 1. The molecule has 0 saturated heterocycles. The van der Waals surface area contributed by atoms with Crippen molar-refractivity contribution in [3.05, 3.63) is 59.7 Å². The molecule has 27 heavy (non-hydrogen) atoms. The molecule has 1 fully saturated rings. The lowest BCUT2D eigenvalue weighted by Crippen LogP contribution is -2.19. The van der Waals surface area contributed by atoms with Gasteiger partial charge in [-0.25, -0.2) is 0 Å². The van der Waals surface area contributed by atoms with Gasteiger partial charge in [0.2, 0.25) is 0 Å². The Labute approximate surface area is 165 Å². The Morgan fingerprint density at radius 1 is 0.852 bits per heavy atom. The second-order valence-electron chi connectivity index (χ2n) is 9.28. The van der Waals surface area contributed by atoms with Gasteiger partial charge in [0, 0.05) is 11.0 Å². The number of hydrogen-bond acceptors (Lipinski definition) is 1. The van der Waals surface area contributed by atoms with Crippen molar-refractivity contribution in [2.24, 2.45) is 11.3 Å². The largest absolute Gasteiger partial charge is 0.294 e. The summed E-state index contributed by atoms with van der Waals surface area (Å²) < 4.78 is 0. The molecule has 0 aromatic heterocycles. The van der Waals surface area contributed by atoms with Gasteiger partial charge < -0.3 is 0 Å². The average Bonchev–Trinajstić information content (AvgIpc) is 2.68. The zero-order valence-electron chi connectivity index (χ0n) is 17.4. The summed E-state index contributed by atoms with van der Waals surface area (Å²) in [4.78, 5) is 12.4. The van der Waals surface area contributed by atoms with E-state index in [0.29, 0.717) is 0 Å². The van der Waals surface area contributed by atoms with Crippen molar-refractivity contribution < 1.29 is 4.79 Å². The first-order valence-corrected chi connectivity index (χ1v) is 10.6. The predicted molar refractivity (Wildman–Crippen MR) is 115 cm³/mol. The smallest absolute Gasteiger partial charge is 0.168 e. The topological polar surface area (TPSA) is 17.1 Å². The fraction of sp³-hybridized carbons (Fsp3) is 0.500. The van der Waals surface area contributed by atoms with Gasteiger partial charge in [0.15, 0.2) is 5.78 Å². The van der Waals surface area contributed by atoms with E-state index in [1.165, 1.54) is 55.2 Å². The summed E-state index contributed by atoms with van der Waals surface area (Å²) in [7, 11) is 0. The molecule has 144 valence electrons. The molecule has 0 N–H and O–H groups in total. The fourth-order valence-electron chi connectivity index (χ4n) is 4.39. The van der Waals surface area contributed by atoms with E-state index in [9.17, 15) is 4.79 Å². The van der Waals surface area contributed by atoms with Gasteiger partial charge in [-0.15, -0.1) is 0 Å². The lowest BCUT2D eigenvalue weighted by atomic mass is 9.77. The van der Waals surface area contributed by atoms with Crippen LogP contribution in [-0.4, -0.2) is 5.78 Å². The van der Waals surface area contributed by atoms with Crippen molar-refractivity contribution in [1.29, 1.82) is 0 Å². The Balaban J connectivity index is 1.66. The first-order chi connectivity index (χ1) is 12.9. The van der Waals surface area contributed by atoms with E-state index in [1.54, 1.807) is 0 Å². The molecule has 0 amide bonds. The summed E-state index contributed by atoms with van der Waals surface area (Å²) in [6, 6.07) is 17.2. The molecule has 3 rings (SSSR count). The highest BCUT2D eigenvalue weighted by molar-refractivity contribution is 6.00. The van der Waals surface area contributed by atoms with Crippen LogP contribution in [0.25, 0.3) is 11.1 Å². The van der Waals surface area contributed by atoms with Gasteiger partial charge in [-0.05, 0) is 54.2 Å². The number of Topliss-reactive ketones (excluding diaryl/α,β-unsaturated/α-hetero) is 1. The second kappa shape index (κ2) is 8.42. The molecule has 1 aliphatic carbocycles. The number of benzene rings is 2. The number of hydrogen-bond donors (Lipinski definition) is 0. The van der Waals surface area contributed by atoms with Gasteiger partial charge in [-0.1, -0.05) is 89.1 Å².